The number of rotatable bonds is 4. The van der Waals surface area contributed by atoms with Crippen molar-refractivity contribution in [1.29, 1.82) is 0 Å². The largest absolute Gasteiger partial charge is 0.288 e. The van der Waals surface area contributed by atoms with Crippen LogP contribution in [0.15, 0.2) is 16.6 Å². The summed E-state index contributed by atoms with van der Waals surface area (Å²) < 4.78 is 0. The highest BCUT2D eigenvalue weighted by atomic mass is 15.2. The van der Waals surface area contributed by atoms with Crippen molar-refractivity contribution in [3.63, 3.8) is 0 Å². The van der Waals surface area contributed by atoms with E-state index in [1.54, 1.807) is 0 Å². The van der Waals surface area contributed by atoms with E-state index in [4.69, 9.17) is 0 Å². The van der Waals surface area contributed by atoms with Gasteiger partial charge >= 0.3 is 0 Å². The molecule has 0 aromatic heterocycles. The molecule has 0 radical (unpaired) electrons. The third-order valence-electron chi connectivity index (χ3n) is 1.98. The quantitative estimate of drug-likeness (QED) is 0.633. The van der Waals surface area contributed by atoms with E-state index in [0.29, 0.717) is 0 Å². The first kappa shape index (κ1) is 15.8. The van der Waals surface area contributed by atoms with Crippen molar-refractivity contribution in [1.82, 2.24) is 4.90 Å². The smallest absolute Gasteiger partial charge is 0.0985 e. The molecule has 0 aliphatic heterocycles. The van der Waals surface area contributed by atoms with Gasteiger partial charge in [0, 0.05) is 6.21 Å². The molecule has 0 aromatic rings. The third-order valence-corrected chi connectivity index (χ3v) is 1.98. The first-order chi connectivity index (χ1) is 6.61. The molecule has 1 atom stereocenters. The Bertz CT molecular complexity index is 169. The fraction of sp³-hybridized carbons (Fsp3) is 0.750. The highest BCUT2D eigenvalue weighted by Crippen LogP contribution is 1.98. The summed E-state index contributed by atoms with van der Waals surface area (Å²) in [4.78, 5) is 6.48. The zero-order valence-electron chi connectivity index (χ0n) is 10.8. The molecule has 0 N–H and O–H groups in total. The van der Waals surface area contributed by atoms with Crippen LogP contribution in [-0.4, -0.2) is 31.4 Å². The zero-order chi connectivity index (χ0) is 11.6. The molecule has 0 fully saturated rings. The van der Waals surface area contributed by atoms with Gasteiger partial charge in [-0.15, -0.1) is 0 Å². The monoisotopic (exact) mass is 198 g/mol. The summed E-state index contributed by atoms with van der Waals surface area (Å²) in [6, 6.07) is 0. The molecular weight excluding hydrogens is 172 g/mol. The minimum atomic E-state index is 0.270. The highest BCUT2D eigenvalue weighted by Gasteiger charge is 1.98. The van der Waals surface area contributed by atoms with Crippen LogP contribution in [0.4, 0.5) is 0 Å². The van der Waals surface area contributed by atoms with Gasteiger partial charge in [0.05, 0.1) is 6.17 Å². The minimum absolute atomic E-state index is 0.270. The van der Waals surface area contributed by atoms with Crippen molar-refractivity contribution in [2.24, 2.45) is 4.99 Å². The summed E-state index contributed by atoms with van der Waals surface area (Å²) in [6.07, 6.45) is 5.39. The Balaban J connectivity index is 0. The molecule has 0 aliphatic rings. The van der Waals surface area contributed by atoms with E-state index in [-0.39, 0.29) is 6.17 Å². The van der Waals surface area contributed by atoms with Crippen LogP contribution in [0.25, 0.3) is 0 Å². The summed E-state index contributed by atoms with van der Waals surface area (Å²) in [7, 11) is 4.06. The third kappa shape index (κ3) is 7.99. The first-order valence-electron chi connectivity index (χ1n) is 5.46. The number of allylic oxidation sites excluding steroid dienone is 2. The first-order valence-corrected chi connectivity index (χ1v) is 5.46. The summed E-state index contributed by atoms with van der Waals surface area (Å²) in [5.74, 6) is 0. The Kier molecular flexibility index (Phi) is 11.8. The summed E-state index contributed by atoms with van der Waals surface area (Å²) >= 11 is 0. The Labute approximate surface area is 89.7 Å². The number of nitrogens with zero attached hydrogens (tertiary/aromatic N) is 2. The van der Waals surface area contributed by atoms with Crippen LogP contribution < -0.4 is 0 Å². The van der Waals surface area contributed by atoms with E-state index in [2.05, 4.69) is 29.8 Å². The molecule has 84 valence electrons. The normalized spacial score (nSPS) is 14.1. The number of aliphatic imine (C=N–C) groups is 1. The van der Waals surface area contributed by atoms with Gasteiger partial charge in [0.15, 0.2) is 0 Å². The lowest BCUT2D eigenvalue weighted by Crippen LogP contribution is -2.22. The lowest BCUT2D eigenvalue weighted by atomic mass is 10.2. The average Bonchev–Trinajstić information content (AvgIpc) is 2.22. The standard InChI is InChI=1S/C10H20N2.C2H6/c1-6-10(7-2)8-11-9(3)12(4)5;1-2/h6,8-9H,7H2,1-5H3;1-2H3/b10-6-,11-8-;. The van der Waals surface area contributed by atoms with Crippen LogP contribution in [0.3, 0.4) is 0 Å². The predicted octanol–water partition coefficient (Wildman–Crippen LogP) is 3.35. The van der Waals surface area contributed by atoms with Crippen molar-refractivity contribution in [2.75, 3.05) is 14.1 Å². The van der Waals surface area contributed by atoms with Gasteiger partial charge in [0.2, 0.25) is 0 Å². The SMILES string of the molecule is C/C=C(\C=N/C(C)N(C)C)CC.CC. The predicted molar refractivity (Wildman–Crippen MR) is 67.0 cm³/mol. The second-order valence-corrected chi connectivity index (χ2v) is 3.09. The van der Waals surface area contributed by atoms with Crippen LogP contribution in [-0.2, 0) is 0 Å². The Morgan fingerprint density at radius 1 is 1.36 bits per heavy atom. The van der Waals surface area contributed by atoms with Gasteiger partial charge in [-0.05, 0) is 39.9 Å². The average molecular weight is 198 g/mol. The maximum Gasteiger partial charge on any atom is 0.0985 e. The van der Waals surface area contributed by atoms with Crippen molar-refractivity contribution < 1.29 is 0 Å². The summed E-state index contributed by atoms with van der Waals surface area (Å²) in [5, 5.41) is 0. The van der Waals surface area contributed by atoms with E-state index < -0.39 is 0 Å². The van der Waals surface area contributed by atoms with E-state index in [1.807, 2.05) is 41.1 Å². The van der Waals surface area contributed by atoms with Crippen LogP contribution in [0.5, 0.6) is 0 Å². The van der Waals surface area contributed by atoms with Gasteiger partial charge in [-0.1, -0.05) is 26.8 Å². The number of hydrogen-bond acceptors (Lipinski definition) is 2. The lowest BCUT2D eigenvalue weighted by molar-refractivity contribution is 0.325. The van der Waals surface area contributed by atoms with Crippen molar-refractivity contribution in [3.05, 3.63) is 11.6 Å². The van der Waals surface area contributed by atoms with Crippen LogP contribution in [0.2, 0.25) is 0 Å². The van der Waals surface area contributed by atoms with E-state index in [0.717, 1.165) is 6.42 Å². The lowest BCUT2D eigenvalue weighted by Gasteiger charge is -2.14. The van der Waals surface area contributed by atoms with Gasteiger partial charge < -0.3 is 0 Å². The Hall–Kier alpha value is -0.630. The Morgan fingerprint density at radius 2 is 1.86 bits per heavy atom. The fourth-order valence-corrected chi connectivity index (χ4v) is 0.707. The maximum absolute atomic E-state index is 4.40. The van der Waals surface area contributed by atoms with E-state index >= 15 is 0 Å². The van der Waals surface area contributed by atoms with Gasteiger partial charge in [0.1, 0.15) is 0 Å². The summed E-state index contributed by atoms with van der Waals surface area (Å²) in [6.45, 7) is 10.3. The van der Waals surface area contributed by atoms with Crippen molar-refractivity contribution in [3.8, 4) is 0 Å². The fourth-order valence-electron chi connectivity index (χ4n) is 0.707. The van der Waals surface area contributed by atoms with E-state index in [1.165, 1.54) is 5.57 Å². The molecule has 1 unspecified atom stereocenters. The molecule has 2 heteroatoms. The van der Waals surface area contributed by atoms with Crippen molar-refractivity contribution in [2.45, 2.75) is 47.2 Å². The highest BCUT2D eigenvalue weighted by molar-refractivity contribution is 5.78. The zero-order valence-corrected chi connectivity index (χ0v) is 10.8. The van der Waals surface area contributed by atoms with Crippen LogP contribution in [0, 0.1) is 0 Å². The number of hydrogen-bond donors (Lipinski definition) is 0. The van der Waals surface area contributed by atoms with Crippen LogP contribution >= 0.6 is 0 Å². The second-order valence-electron chi connectivity index (χ2n) is 3.09. The van der Waals surface area contributed by atoms with E-state index in [9.17, 15) is 0 Å². The Morgan fingerprint density at radius 3 is 2.14 bits per heavy atom. The van der Waals surface area contributed by atoms with Gasteiger partial charge in [-0.3, -0.25) is 9.89 Å². The molecule has 0 saturated heterocycles. The topological polar surface area (TPSA) is 15.6 Å². The maximum atomic E-state index is 4.40. The molecule has 0 amide bonds. The summed E-state index contributed by atoms with van der Waals surface area (Å²) in [5.41, 5.74) is 1.30. The molecule has 0 saturated carbocycles. The molecule has 0 spiro atoms. The second kappa shape index (κ2) is 10.5. The van der Waals surface area contributed by atoms with Gasteiger partial charge in [-0.25, -0.2) is 0 Å². The van der Waals surface area contributed by atoms with Crippen molar-refractivity contribution >= 4 is 6.21 Å². The molecular formula is C12H26N2. The van der Waals surface area contributed by atoms with Crippen LogP contribution in [0.1, 0.15) is 41.0 Å². The molecule has 14 heavy (non-hydrogen) atoms. The molecule has 0 bridgehead atoms. The molecule has 2 nitrogen and oxygen atoms in total. The molecule has 0 aliphatic carbocycles. The molecule has 0 rings (SSSR count). The minimum Gasteiger partial charge on any atom is -0.288 e. The molecule has 0 heterocycles. The molecule has 0 aromatic carbocycles. The van der Waals surface area contributed by atoms with Gasteiger partial charge in [0.25, 0.3) is 0 Å². The van der Waals surface area contributed by atoms with Gasteiger partial charge in [-0.2, -0.15) is 0 Å².